The molecule has 0 aliphatic rings. The van der Waals surface area contributed by atoms with Gasteiger partial charge < -0.3 is 15.2 Å². The van der Waals surface area contributed by atoms with Crippen molar-refractivity contribution in [3.63, 3.8) is 0 Å². The maximum absolute atomic E-state index is 14.2. The quantitative estimate of drug-likeness (QED) is 0.253. The molecular weight excluding hydrogens is 467 g/mol. The Morgan fingerprint density at radius 3 is 2.88 bits per heavy atom. The first-order valence-corrected chi connectivity index (χ1v) is 12.6. The lowest BCUT2D eigenvalue weighted by atomic mass is 10.1. The number of hydrogen-bond donors (Lipinski definition) is 4. The van der Waals surface area contributed by atoms with Gasteiger partial charge in [-0.25, -0.2) is 12.8 Å². The first kappa shape index (κ1) is 23.2. The van der Waals surface area contributed by atoms with Crippen molar-refractivity contribution in [2.75, 3.05) is 24.4 Å². The molecule has 0 amide bonds. The number of fused-ring (bicyclic) bond motifs is 1. The number of nitrogens with one attached hydrogen (secondary N) is 3. The number of aromatic amines is 1. The van der Waals surface area contributed by atoms with E-state index in [1.807, 2.05) is 25.1 Å². The first-order valence-electron chi connectivity index (χ1n) is 10.1. The summed E-state index contributed by atoms with van der Waals surface area (Å²) in [6.07, 6.45) is -0.959. The molecule has 0 saturated carbocycles. The number of aliphatic hydroxyl groups is 1. The summed E-state index contributed by atoms with van der Waals surface area (Å²) in [7, 11) is -3.90. The van der Waals surface area contributed by atoms with E-state index in [1.165, 1.54) is 34.9 Å². The van der Waals surface area contributed by atoms with Gasteiger partial charge in [0, 0.05) is 29.9 Å². The molecule has 0 fully saturated rings. The Morgan fingerprint density at radius 1 is 1.24 bits per heavy atom. The molecule has 2 aromatic heterocycles. The van der Waals surface area contributed by atoms with Crippen LogP contribution in [-0.2, 0) is 10.0 Å². The summed E-state index contributed by atoms with van der Waals surface area (Å²) in [5, 5.41) is 24.7. The van der Waals surface area contributed by atoms with Gasteiger partial charge in [-0.3, -0.25) is 9.82 Å². The van der Waals surface area contributed by atoms with E-state index in [4.69, 9.17) is 4.74 Å². The van der Waals surface area contributed by atoms with Crippen molar-refractivity contribution < 1.29 is 22.7 Å². The summed E-state index contributed by atoms with van der Waals surface area (Å²) >= 11 is 1.23. The van der Waals surface area contributed by atoms with Crippen LogP contribution >= 0.6 is 11.3 Å². The Kier molecular flexibility index (Phi) is 6.94. The van der Waals surface area contributed by atoms with Gasteiger partial charge in [0.2, 0.25) is 0 Å². The van der Waals surface area contributed by atoms with Gasteiger partial charge in [0.05, 0.1) is 27.9 Å². The highest BCUT2D eigenvalue weighted by molar-refractivity contribution is 7.92. The zero-order valence-corrected chi connectivity index (χ0v) is 19.3. The molecule has 4 N–H and O–H groups in total. The topological polar surface area (TPSA) is 116 Å². The van der Waals surface area contributed by atoms with Gasteiger partial charge in [0.25, 0.3) is 10.0 Å². The van der Waals surface area contributed by atoms with E-state index in [9.17, 15) is 17.9 Å². The zero-order valence-electron chi connectivity index (χ0n) is 17.7. The number of aliphatic hydroxyl groups excluding tert-OH is 1. The van der Waals surface area contributed by atoms with Gasteiger partial charge in [-0.05, 0) is 48.2 Å². The van der Waals surface area contributed by atoms with Crippen LogP contribution in [0.15, 0.2) is 58.1 Å². The number of thiophene rings is 1. The number of rotatable bonds is 10. The van der Waals surface area contributed by atoms with Gasteiger partial charge in [0.15, 0.2) is 0 Å². The average molecular weight is 491 g/mol. The third kappa shape index (κ3) is 5.50. The Balaban J connectivity index is 1.29. The third-order valence-corrected chi connectivity index (χ3v) is 7.23. The monoisotopic (exact) mass is 490 g/mol. The normalized spacial score (nSPS) is 12.7. The number of halogens is 1. The van der Waals surface area contributed by atoms with Crippen molar-refractivity contribution in [2.45, 2.75) is 17.9 Å². The van der Waals surface area contributed by atoms with Crippen LogP contribution < -0.4 is 14.8 Å². The molecule has 2 heterocycles. The summed E-state index contributed by atoms with van der Waals surface area (Å²) in [6, 6.07) is 11.0. The molecule has 0 aliphatic heterocycles. The minimum Gasteiger partial charge on any atom is -0.492 e. The molecule has 0 bridgehead atoms. The summed E-state index contributed by atoms with van der Waals surface area (Å²) < 4.78 is 46.9. The van der Waals surface area contributed by atoms with E-state index in [1.54, 1.807) is 5.38 Å². The van der Waals surface area contributed by atoms with E-state index in [2.05, 4.69) is 20.2 Å². The molecule has 174 valence electrons. The predicted molar refractivity (Wildman–Crippen MR) is 126 cm³/mol. The Morgan fingerprint density at radius 2 is 2.09 bits per heavy atom. The maximum atomic E-state index is 14.2. The Labute approximate surface area is 194 Å². The van der Waals surface area contributed by atoms with E-state index >= 15 is 0 Å². The summed E-state index contributed by atoms with van der Waals surface area (Å²) in [5.41, 5.74) is 1.99. The van der Waals surface area contributed by atoms with Crippen molar-refractivity contribution in [2.24, 2.45) is 0 Å². The zero-order chi connectivity index (χ0) is 23.4. The number of benzene rings is 2. The first-order chi connectivity index (χ1) is 15.8. The smallest absolute Gasteiger partial charge is 0.262 e. The van der Waals surface area contributed by atoms with Crippen LogP contribution in [0.3, 0.4) is 0 Å². The van der Waals surface area contributed by atoms with Crippen LogP contribution in [0.4, 0.5) is 10.1 Å². The standard InChI is InChI=1S/C22H23FN4O4S2/c1-14-18-4-3-16(11-20(18)26-25-14)31-8-7-24-12-22(28)15-2-5-19(23)21(10-15)27-33(29,30)17-6-9-32-13-17/h2-6,9-11,13,22,24,27-28H,7-8,12H2,1H3,(H,25,26). The van der Waals surface area contributed by atoms with E-state index in [0.29, 0.717) is 24.5 Å². The third-order valence-electron chi connectivity index (χ3n) is 5.04. The van der Waals surface area contributed by atoms with Crippen molar-refractivity contribution in [1.29, 1.82) is 0 Å². The minimum absolute atomic E-state index is 0.0568. The molecule has 11 heteroatoms. The van der Waals surface area contributed by atoms with Crippen LogP contribution in [0.25, 0.3) is 10.9 Å². The molecular formula is C22H23FN4O4S2. The Hall–Kier alpha value is -2.99. The van der Waals surface area contributed by atoms with Crippen molar-refractivity contribution >= 4 is 38.0 Å². The van der Waals surface area contributed by atoms with Crippen LogP contribution in [0.2, 0.25) is 0 Å². The molecule has 0 radical (unpaired) electrons. The second-order valence-corrected chi connectivity index (χ2v) is 9.85. The number of nitrogens with zero attached hydrogens (tertiary/aromatic N) is 1. The van der Waals surface area contributed by atoms with Crippen molar-refractivity contribution in [1.82, 2.24) is 15.5 Å². The lowest BCUT2D eigenvalue weighted by molar-refractivity contribution is 0.172. The number of aromatic nitrogens is 2. The van der Waals surface area contributed by atoms with Crippen LogP contribution in [-0.4, -0.2) is 43.4 Å². The molecule has 33 heavy (non-hydrogen) atoms. The van der Waals surface area contributed by atoms with Gasteiger partial charge in [0.1, 0.15) is 18.2 Å². The lowest BCUT2D eigenvalue weighted by Crippen LogP contribution is -2.26. The fourth-order valence-corrected chi connectivity index (χ4v) is 5.35. The highest BCUT2D eigenvalue weighted by atomic mass is 32.2. The van der Waals surface area contributed by atoms with Gasteiger partial charge in [-0.2, -0.15) is 16.4 Å². The largest absolute Gasteiger partial charge is 0.492 e. The summed E-state index contributed by atoms with van der Waals surface area (Å²) in [5.74, 6) is -0.0230. The SMILES string of the molecule is Cc1n[nH]c2cc(OCCNCC(O)c3ccc(F)c(NS(=O)(=O)c4ccsc4)c3)ccc12. The van der Waals surface area contributed by atoms with E-state index < -0.39 is 21.9 Å². The van der Waals surface area contributed by atoms with Gasteiger partial charge in [-0.1, -0.05) is 6.07 Å². The molecule has 1 unspecified atom stereocenters. The predicted octanol–water partition coefficient (Wildman–Crippen LogP) is 3.57. The summed E-state index contributed by atoms with van der Waals surface area (Å²) in [6.45, 7) is 2.96. The highest BCUT2D eigenvalue weighted by Crippen LogP contribution is 2.25. The van der Waals surface area contributed by atoms with Crippen LogP contribution in [0, 0.1) is 12.7 Å². The van der Waals surface area contributed by atoms with Gasteiger partial charge in [-0.15, -0.1) is 0 Å². The number of H-pyrrole nitrogens is 1. The lowest BCUT2D eigenvalue weighted by Gasteiger charge is -2.15. The van der Waals surface area contributed by atoms with Crippen LogP contribution in [0.1, 0.15) is 17.4 Å². The molecule has 8 nitrogen and oxygen atoms in total. The molecule has 0 aliphatic carbocycles. The maximum Gasteiger partial charge on any atom is 0.262 e. The van der Waals surface area contributed by atoms with E-state index in [0.717, 1.165) is 22.7 Å². The molecule has 0 spiro atoms. The van der Waals surface area contributed by atoms with Crippen LogP contribution in [0.5, 0.6) is 5.75 Å². The fraction of sp³-hybridized carbons (Fsp3) is 0.227. The minimum atomic E-state index is -3.90. The number of anilines is 1. The Bertz CT molecular complexity index is 1340. The number of sulfonamides is 1. The van der Waals surface area contributed by atoms with Crippen molar-refractivity contribution in [3.8, 4) is 5.75 Å². The second kappa shape index (κ2) is 9.87. The van der Waals surface area contributed by atoms with E-state index in [-0.39, 0.29) is 17.1 Å². The molecule has 4 aromatic rings. The fourth-order valence-electron chi connectivity index (χ4n) is 3.26. The number of hydrogen-bond acceptors (Lipinski definition) is 7. The molecule has 2 aromatic carbocycles. The molecule has 0 saturated heterocycles. The highest BCUT2D eigenvalue weighted by Gasteiger charge is 2.18. The summed E-state index contributed by atoms with van der Waals surface area (Å²) in [4.78, 5) is 0.0568. The number of aryl methyl sites for hydroxylation is 1. The molecule has 4 rings (SSSR count). The van der Waals surface area contributed by atoms with Gasteiger partial charge >= 0.3 is 0 Å². The average Bonchev–Trinajstić information content (AvgIpc) is 3.46. The second-order valence-electron chi connectivity index (χ2n) is 7.39. The van der Waals surface area contributed by atoms with Crippen molar-refractivity contribution in [3.05, 3.63) is 70.3 Å². The molecule has 1 atom stereocenters. The number of ether oxygens (including phenoxy) is 1.